The summed E-state index contributed by atoms with van der Waals surface area (Å²) >= 11 is 5.87. The number of benzene rings is 2. The largest absolute Gasteiger partial charge is 0.384 e. The normalized spacial score (nSPS) is 14.1. The smallest absolute Gasteiger partial charge is 0.159 e. The zero-order chi connectivity index (χ0) is 14.8. The van der Waals surface area contributed by atoms with Gasteiger partial charge in [-0.2, -0.15) is 0 Å². The van der Waals surface area contributed by atoms with Gasteiger partial charge in [-0.1, -0.05) is 30.3 Å². The molecule has 0 fully saturated rings. The second-order valence-electron chi connectivity index (χ2n) is 4.90. The van der Waals surface area contributed by atoms with Crippen molar-refractivity contribution in [1.82, 2.24) is 0 Å². The fraction of sp³-hybridized carbons (Fsp3) is 0.250. The van der Waals surface area contributed by atoms with E-state index in [2.05, 4.69) is 0 Å². The van der Waals surface area contributed by atoms with Crippen LogP contribution in [0.5, 0.6) is 0 Å². The fourth-order valence-corrected chi connectivity index (χ4v) is 2.38. The molecule has 0 radical (unpaired) electrons. The van der Waals surface area contributed by atoms with E-state index in [-0.39, 0.29) is 17.9 Å². The average Bonchev–Trinajstić information content (AvgIpc) is 2.44. The predicted octanol–water partition coefficient (Wildman–Crippen LogP) is 3.94. The monoisotopic (exact) mass is 296 g/mol. The van der Waals surface area contributed by atoms with Crippen LogP contribution in [0.1, 0.15) is 16.7 Å². The van der Waals surface area contributed by atoms with Gasteiger partial charge in [-0.15, -0.1) is 11.6 Å². The van der Waals surface area contributed by atoms with E-state index in [1.807, 2.05) is 31.2 Å². The van der Waals surface area contributed by atoms with Crippen molar-refractivity contribution in [2.45, 2.75) is 18.9 Å². The molecule has 106 valence electrons. The Labute approximate surface area is 121 Å². The number of halogens is 3. The van der Waals surface area contributed by atoms with E-state index >= 15 is 0 Å². The molecule has 0 aliphatic carbocycles. The van der Waals surface area contributed by atoms with Crippen molar-refractivity contribution >= 4 is 11.6 Å². The number of hydrogen-bond acceptors (Lipinski definition) is 1. The van der Waals surface area contributed by atoms with E-state index in [0.717, 1.165) is 23.3 Å². The van der Waals surface area contributed by atoms with Crippen molar-refractivity contribution in [3.8, 4) is 0 Å². The van der Waals surface area contributed by atoms with Crippen LogP contribution in [0.2, 0.25) is 0 Å². The summed E-state index contributed by atoms with van der Waals surface area (Å²) in [6, 6.07) is 10.9. The van der Waals surface area contributed by atoms with E-state index in [4.69, 9.17) is 11.6 Å². The lowest BCUT2D eigenvalue weighted by Crippen LogP contribution is -2.31. The van der Waals surface area contributed by atoms with E-state index in [1.165, 1.54) is 6.07 Å². The van der Waals surface area contributed by atoms with Crippen LogP contribution in [0.4, 0.5) is 8.78 Å². The van der Waals surface area contributed by atoms with Crippen LogP contribution in [0, 0.1) is 18.6 Å². The first kappa shape index (κ1) is 14.9. The summed E-state index contributed by atoms with van der Waals surface area (Å²) < 4.78 is 26.3. The van der Waals surface area contributed by atoms with Gasteiger partial charge in [0.05, 0.1) is 5.88 Å². The summed E-state index contributed by atoms with van der Waals surface area (Å²) in [4.78, 5) is 0. The summed E-state index contributed by atoms with van der Waals surface area (Å²) in [7, 11) is 0. The molecule has 2 aromatic carbocycles. The lowest BCUT2D eigenvalue weighted by Gasteiger charge is -2.27. The standard InChI is InChI=1S/C16H15ClF2O/c1-11-4-2-3-5-12(11)9-16(20,10-17)13-6-7-14(18)15(19)8-13/h2-8,20H,9-10H2,1H3. The minimum Gasteiger partial charge on any atom is -0.384 e. The fourth-order valence-electron chi connectivity index (χ4n) is 2.14. The second-order valence-corrected chi connectivity index (χ2v) is 5.16. The minimum absolute atomic E-state index is 0.105. The van der Waals surface area contributed by atoms with Gasteiger partial charge in [0.2, 0.25) is 0 Å². The van der Waals surface area contributed by atoms with Gasteiger partial charge in [-0.3, -0.25) is 0 Å². The maximum absolute atomic E-state index is 13.3. The molecule has 2 aromatic rings. The van der Waals surface area contributed by atoms with Gasteiger partial charge < -0.3 is 5.11 Å². The Hall–Kier alpha value is -1.45. The number of rotatable bonds is 4. The van der Waals surface area contributed by atoms with Gasteiger partial charge >= 0.3 is 0 Å². The van der Waals surface area contributed by atoms with Crippen molar-refractivity contribution in [3.63, 3.8) is 0 Å². The summed E-state index contributed by atoms with van der Waals surface area (Å²) in [6.07, 6.45) is 0.244. The van der Waals surface area contributed by atoms with Crippen LogP contribution in [-0.2, 0) is 12.0 Å². The predicted molar refractivity (Wildman–Crippen MR) is 75.9 cm³/mol. The Morgan fingerprint density at radius 2 is 1.80 bits per heavy atom. The van der Waals surface area contributed by atoms with Gasteiger partial charge in [0.25, 0.3) is 0 Å². The molecule has 1 atom stereocenters. The molecule has 0 heterocycles. The Morgan fingerprint density at radius 1 is 1.10 bits per heavy atom. The topological polar surface area (TPSA) is 20.2 Å². The quantitative estimate of drug-likeness (QED) is 0.847. The van der Waals surface area contributed by atoms with Crippen LogP contribution >= 0.6 is 11.6 Å². The molecule has 1 nitrogen and oxygen atoms in total. The summed E-state index contributed by atoms with van der Waals surface area (Å²) in [5.74, 6) is -2.04. The average molecular weight is 297 g/mol. The van der Waals surface area contributed by atoms with Crippen molar-refractivity contribution in [1.29, 1.82) is 0 Å². The first-order valence-electron chi connectivity index (χ1n) is 6.24. The molecule has 0 amide bonds. The van der Waals surface area contributed by atoms with Gasteiger partial charge in [0.1, 0.15) is 5.60 Å². The second kappa shape index (κ2) is 5.90. The molecule has 4 heteroatoms. The van der Waals surface area contributed by atoms with Crippen molar-refractivity contribution in [2.24, 2.45) is 0 Å². The highest BCUT2D eigenvalue weighted by atomic mass is 35.5. The maximum atomic E-state index is 13.3. The first-order valence-corrected chi connectivity index (χ1v) is 6.78. The van der Waals surface area contributed by atoms with Crippen molar-refractivity contribution in [2.75, 3.05) is 5.88 Å². The van der Waals surface area contributed by atoms with Crippen LogP contribution in [0.3, 0.4) is 0 Å². The highest BCUT2D eigenvalue weighted by Gasteiger charge is 2.30. The Morgan fingerprint density at radius 3 is 2.40 bits per heavy atom. The number of aryl methyl sites for hydroxylation is 1. The van der Waals surface area contributed by atoms with Crippen molar-refractivity contribution < 1.29 is 13.9 Å². The highest BCUT2D eigenvalue weighted by molar-refractivity contribution is 6.18. The molecule has 0 saturated heterocycles. The molecule has 0 aliphatic rings. The highest BCUT2D eigenvalue weighted by Crippen LogP contribution is 2.29. The molecule has 1 N–H and O–H groups in total. The molecule has 0 bridgehead atoms. The molecular formula is C16H15ClF2O. The Bertz CT molecular complexity index is 615. The molecule has 2 rings (SSSR count). The third-order valence-corrected chi connectivity index (χ3v) is 3.86. The third-order valence-electron chi connectivity index (χ3n) is 3.42. The third kappa shape index (κ3) is 3.00. The first-order chi connectivity index (χ1) is 9.46. The minimum atomic E-state index is -1.43. The molecular weight excluding hydrogens is 282 g/mol. The molecule has 0 saturated carbocycles. The summed E-state index contributed by atoms with van der Waals surface area (Å²) in [6.45, 7) is 1.93. The zero-order valence-corrected chi connectivity index (χ0v) is 11.8. The SMILES string of the molecule is Cc1ccccc1CC(O)(CCl)c1ccc(F)c(F)c1. The molecule has 1 unspecified atom stereocenters. The van der Waals surface area contributed by atoms with Gasteiger partial charge in [0, 0.05) is 6.42 Å². The summed E-state index contributed by atoms with van der Waals surface area (Å²) in [5, 5.41) is 10.7. The van der Waals surface area contributed by atoms with E-state index < -0.39 is 17.2 Å². The Balaban J connectivity index is 2.38. The van der Waals surface area contributed by atoms with E-state index in [0.29, 0.717) is 0 Å². The zero-order valence-electron chi connectivity index (χ0n) is 11.0. The van der Waals surface area contributed by atoms with Crippen LogP contribution in [0.25, 0.3) is 0 Å². The van der Waals surface area contributed by atoms with Crippen LogP contribution < -0.4 is 0 Å². The molecule has 20 heavy (non-hydrogen) atoms. The molecule has 0 spiro atoms. The van der Waals surface area contributed by atoms with Crippen LogP contribution in [0.15, 0.2) is 42.5 Å². The van der Waals surface area contributed by atoms with Gasteiger partial charge in [-0.05, 0) is 35.7 Å². The van der Waals surface area contributed by atoms with Crippen LogP contribution in [-0.4, -0.2) is 11.0 Å². The molecule has 0 aliphatic heterocycles. The number of aliphatic hydroxyl groups is 1. The van der Waals surface area contributed by atoms with Gasteiger partial charge in [-0.25, -0.2) is 8.78 Å². The van der Waals surface area contributed by atoms with E-state index in [1.54, 1.807) is 0 Å². The number of hydrogen-bond donors (Lipinski definition) is 1. The lowest BCUT2D eigenvalue weighted by molar-refractivity contribution is 0.0608. The maximum Gasteiger partial charge on any atom is 0.159 e. The summed E-state index contributed by atoms with van der Waals surface area (Å²) in [5.41, 5.74) is 0.774. The Kier molecular flexibility index (Phi) is 4.41. The molecule has 0 aromatic heterocycles. The lowest BCUT2D eigenvalue weighted by atomic mass is 9.87. The number of alkyl halides is 1. The van der Waals surface area contributed by atoms with Crippen molar-refractivity contribution in [3.05, 3.63) is 70.8 Å². The van der Waals surface area contributed by atoms with Gasteiger partial charge in [0.15, 0.2) is 11.6 Å². The van der Waals surface area contributed by atoms with E-state index in [9.17, 15) is 13.9 Å².